The minimum Gasteiger partial charge on any atom is -0.377 e. The van der Waals surface area contributed by atoms with Gasteiger partial charge in [-0.1, -0.05) is 6.07 Å². The summed E-state index contributed by atoms with van der Waals surface area (Å²) in [5.41, 5.74) is 3.20. The van der Waals surface area contributed by atoms with E-state index in [4.69, 9.17) is 0 Å². The van der Waals surface area contributed by atoms with E-state index >= 15 is 0 Å². The molecule has 0 aliphatic heterocycles. The smallest absolute Gasteiger partial charge is 0.153 e. The molecule has 0 bridgehead atoms. The third kappa shape index (κ3) is 3.22. The van der Waals surface area contributed by atoms with Gasteiger partial charge >= 0.3 is 0 Å². The number of pyridine rings is 2. The molecule has 1 unspecified atom stereocenters. The monoisotopic (exact) mass is 322 g/mol. The zero-order valence-corrected chi connectivity index (χ0v) is 14.4. The predicted octanol–water partition coefficient (Wildman–Crippen LogP) is 3.21. The van der Waals surface area contributed by atoms with Gasteiger partial charge in [-0.15, -0.1) is 0 Å². The van der Waals surface area contributed by atoms with E-state index in [-0.39, 0.29) is 6.04 Å². The molecule has 3 aromatic rings. The number of hydrogen-bond acceptors (Lipinski definition) is 5. The van der Waals surface area contributed by atoms with Crippen LogP contribution in [0.5, 0.6) is 0 Å². The summed E-state index contributed by atoms with van der Waals surface area (Å²) in [6.45, 7) is 4.18. The van der Waals surface area contributed by atoms with Crippen molar-refractivity contribution in [3.63, 3.8) is 0 Å². The quantitative estimate of drug-likeness (QED) is 0.781. The fourth-order valence-corrected chi connectivity index (χ4v) is 2.62. The van der Waals surface area contributed by atoms with Crippen LogP contribution in [0.25, 0.3) is 5.82 Å². The van der Waals surface area contributed by atoms with E-state index in [1.807, 2.05) is 66.4 Å². The first-order chi connectivity index (χ1) is 11.6. The van der Waals surface area contributed by atoms with Crippen molar-refractivity contribution in [3.8, 4) is 5.82 Å². The fourth-order valence-electron chi connectivity index (χ4n) is 2.62. The Balaban J connectivity index is 1.78. The van der Waals surface area contributed by atoms with E-state index in [0.29, 0.717) is 0 Å². The van der Waals surface area contributed by atoms with Crippen LogP contribution in [-0.4, -0.2) is 33.8 Å². The second-order valence-electron chi connectivity index (χ2n) is 5.95. The Labute approximate surface area is 142 Å². The molecular formula is C18H22N6. The Morgan fingerprint density at radius 1 is 1.08 bits per heavy atom. The highest BCUT2D eigenvalue weighted by Gasteiger charge is 2.15. The van der Waals surface area contributed by atoms with Gasteiger partial charge in [-0.3, -0.25) is 0 Å². The van der Waals surface area contributed by atoms with Crippen molar-refractivity contribution in [2.45, 2.75) is 19.9 Å². The van der Waals surface area contributed by atoms with Crippen LogP contribution in [0, 0.1) is 6.92 Å². The van der Waals surface area contributed by atoms with Gasteiger partial charge in [0.2, 0.25) is 0 Å². The minimum atomic E-state index is 0.120. The number of anilines is 2. The molecule has 1 atom stereocenters. The summed E-state index contributed by atoms with van der Waals surface area (Å²) in [4.78, 5) is 10.8. The van der Waals surface area contributed by atoms with Crippen LogP contribution in [-0.2, 0) is 0 Å². The number of aromatic nitrogens is 4. The predicted molar refractivity (Wildman–Crippen MR) is 96.7 cm³/mol. The highest BCUT2D eigenvalue weighted by molar-refractivity contribution is 5.49. The van der Waals surface area contributed by atoms with E-state index in [1.165, 1.54) is 0 Å². The maximum atomic E-state index is 4.48. The van der Waals surface area contributed by atoms with Crippen molar-refractivity contribution in [1.29, 1.82) is 0 Å². The molecule has 0 aromatic carbocycles. The van der Waals surface area contributed by atoms with Crippen LogP contribution in [0.2, 0.25) is 0 Å². The van der Waals surface area contributed by atoms with Gasteiger partial charge in [-0.25, -0.2) is 14.6 Å². The minimum absolute atomic E-state index is 0.120. The summed E-state index contributed by atoms with van der Waals surface area (Å²) in [6.07, 6.45) is 5.52. The maximum Gasteiger partial charge on any atom is 0.153 e. The average molecular weight is 322 g/mol. The van der Waals surface area contributed by atoms with Gasteiger partial charge in [0.15, 0.2) is 5.82 Å². The Hall–Kier alpha value is -2.89. The van der Waals surface area contributed by atoms with Gasteiger partial charge in [-0.2, -0.15) is 5.10 Å². The molecule has 1 N–H and O–H groups in total. The van der Waals surface area contributed by atoms with Gasteiger partial charge in [0, 0.05) is 31.5 Å². The number of rotatable bonds is 5. The second kappa shape index (κ2) is 6.70. The maximum absolute atomic E-state index is 4.48. The molecule has 0 aliphatic carbocycles. The Bertz CT molecular complexity index is 792. The Morgan fingerprint density at radius 2 is 1.92 bits per heavy atom. The zero-order chi connectivity index (χ0) is 17.1. The van der Waals surface area contributed by atoms with Gasteiger partial charge in [0.1, 0.15) is 5.82 Å². The van der Waals surface area contributed by atoms with E-state index in [9.17, 15) is 0 Å². The molecule has 24 heavy (non-hydrogen) atoms. The van der Waals surface area contributed by atoms with Crippen molar-refractivity contribution >= 4 is 11.5 Å². The van der Waals surface area contributed by atoms with Gasteiger partial charge in [-0.05, 0) is 38.1 Å². The molecule has 0 fully saturated rings. The second-order valence-corrected chi connectivity index (χ2v) is 5.95. The lowest BCUT2D eigenvalue weighted by Gasteiger charge is -2.16. The van der Waals surface area contributed by atoms with E-state index in [2.05, 4.69) is 34.2 Å². The molecule has 3 aromatic heterocycles. The molecule has 0 spiro atoms. The number of nitrogens with zero attached hydrogens (tertiary/aromatic N) is 5. The zero-order valence-electron chi connectivity index (χ0n) is 14.4. The summed E-state index contributed by atoms with van der Waals surface area (Å²) in [5, 5.41) is 7.95. The van der Waals surface area contributed by atoms with Crippen LogP contribution < -0.4 is 10.2 Å². The lowest BCUT2D eigenvalue weighted by atomic mass is 10.1. The van der Waals surface area contributed by atoms with Gasteiger partial charge in [0.05, 0.1) is 24.1 Å². The summed E-state index contributed by atoms with van der Waals surface area (Å²) in [6, 6.07) is 9.97. The molecule has 0 saturated heterocycles. The first-order valence-electron chi connectivity index (χ1n) is 7.92. The van der Waals surface area contributed by atoms with Gasteiger partial charge in [0.25, 0.3) is 0 Å². The lowest BCUT2D eigenvalue weighted by Crippen LogP contribution is -2.12. The van der Waals surface area contributed by atoms with Crippen LogP contribution in [0.3, 0.4) is 0 Å². The first kappa shape index (κ1) is 16.0. The van der Waals surface area contributed by atoms with Crippen LogP contribution >= 0.6 is 0 Å². The third-order valence-corrected chi connectivity index (χ3v) is 3.97. The lowest BCUT2D eigenvalue weighted by molar-refractivity contribution is 0.806. The molecule has 124 valence electrons. The van der Waals surface area contributed by atoms with E-state index in [1.54, 1.807) is 6.20 Å². The molecule has 0 aliphatic rings. The van der Waals surface area contributed by atoms with Crippen molar-refractivity contribution in [2.24, 2.45) is 0 Å². The van der Waals surface area contributed by atoms with E-state index < -0.39 is 0 Å². The highest BCUT2D eigenvalue weighted by atomic mass is 15.3. The molecule has 3 rings (SSSR count). The normalized spacial score (nSPS) is 12.0. The Kier molecular flexibility index (Phi) is 4.46. The average Bonchev–Trinajstić information content (AvgIpc) is 2.98. The van der Waals surface area contributed by atoms with E-state index in [0.717, 1.165) is 28.6 Å². The topological polar surface area (TPSA) is 58.9 Å². The SMILES string of the molecule is Cc1c(C(C)Nc2ccc(N(C)C)nc2)cnn1-c1ccccn1. The molecule has 3 heterocycles. The third-order valence-electron chi connectivity index (χ3n) is 3.97. The van der Waals surface area contributed by atoms with Crippen molar-refractivity contribution in [1.82, 2.24) is 19.7 Å². The molecular weight excluding hydrogens is 300 g/mol. The van der Waals surface area contributed by atoms with Crippen molar-refractivity contribution in [3.05, 3.63) is 60.2 Å². The largest absolute Gasteiger partial charge is 0.377 e. The molecule has 6 heteroatoms. The summed E-state index contributed by atoms with van der Waals surface area (Å²) >= 11 is 0. The number of hydrogen-bond donors (Lipinski definition) is 1. The first-order valence-corrected chi connectivity index (χ1v) is 7.92. The van der Waals surface area contributed by atoms with Crippen molar-refractivity contribution < 1.29 is 0 Å². The Morgan fingerprint density at radius 3 is 2.54 bits per heavy atom. The van der Waals surface area contributed by atoms with Crippen molar-refractivity contribution in [2.75, 3.05) is 24.3 Å². The molecule has 0 radical (unpaired) electrons. The summed E-state index contributed by atoms with van der Waals surface area (Å²) in [7, 11) is 3.96. The van der Waals surface area contributed by atoms with Crippen LogP contribution in [0.4, 0.5) is 11.5 Å². The van der Waals surface area contributed by atoms with Gasteiger partial charge < -0.3 is 10.2 Å². The molecule has 6 nitrogen and oxygen atoms in total. The molecule has 0 amide bonds. The molecule has 0 saturated carbocycles. The standard InChI is InChI=1S/C18H22N6/c1-13(22-15-8-9-17(20-11-15)23(3)4)16-12-21-24(14(16)2)18-7-5-6-10-19-18/h5-13,22H,1-4H3. The van der Waals surface area contributed by atoms with Crippen LogP contribution in [0.1, 0.15) is 24.2 Å². The van der Waals surface area contributed by atoms with Crippen LogP contribution in [0.15, 0.2) is 48.9 Å². The summed E-state index contributed by atoms with van der Waals surface area (Å²) in [5.74, 6) is 1.76. The fraction of sp³-hybridized carbons (Fsp3) is 0.278. The summed E-state index contributed by atoms with van der Waals surface area (Å²) < 4.78 is 1.86. The highest BCUT2D eigenvalue weighted by Crippen LogP contribution is 2.23. The number of nitrogens with one attached hydrogen (secondary N) is 1.